The zero-order chi connectivity index (χ0) is 25.8. The van der Waals surface area contributed by atoms with Gasteiger partial charge < -0.3 is 16.0 Å². The van der Waals surface area contributed by atoms with Gasteiger partial charge in [-0.3, -0.25) is 14.6 Å². The zero-order valence-electron chi connectivity index (χ0n) is 19.9. The van der Waals surface area contributed by atoms with Crippen LogP contribution in [0.15, 0.2) is 72.2 Å². The van der Waals surface area contributed by atoms with Crippen LogP contribution in [-0.4, -0.2) is 38.5 Å². The molecule has 8 nitrogen and oxygen atoms in total. The summed E-state index contributed by atoms with van der Waals surface area (Å²) in [6.07, 6.45) is 2.16. The molecule has 3 heterocycles. The number of anilines is 1. The Labute approximate surface area is 217 Å². The van der Waals surface area contributed by atoms with Crippen LogP contribution in [0.3, 0.4) is 0 Å². The first-order chi connectivity index (χ1) is 18.0. The third-order valence-corrected chi connectivity index (χ3v) is 6.80. The first-order valence-corrected chi connectivity index (χ1v) is 12.7. The SMILES string of the molecule is N[C@@H](CC(=O)NC1Cc2ncccc2N(Cc2ccc(-c3csnn3)cc2)C1=O)Cc1ccccc1F. The number of hydrogen-bond donors (Lipinski definition) is 2. The van der Waals surface area contributed by atoms with Crippen LogP contribution >= 0.6 is 11.5 Å². The van der Waals surface area contributed by atoms with E-state index in [9.17, 15) is 14.0 Å². The van der Waals surface area contributed by atoms with E-state index in [0.717, 1.165) is 28.2 Å². The molecule has 5 rings (SSSR count). The molecule has 10 heteroatoms. The number of nitrogens with one attached hydrogen (secondary N) is 1. The van der Waals surface area contributed by atoms with E-state index in [1.54, 1.807) is 35.4 Å². The van der Waals surface area contributed by atoms with Crippen molar-refractivity contribution < 1.29 is 14.0 Å². The van der Waals surface area contributed by atoms with Crippen LogP contribution in [0.2, 0.25) is 0 Å². The number of halogens is 1. The van der Waals surface area contributed by atoms with Gasteiger partial charge >= 0.3 is 0 Å². The summed E-state index contributed by atoms with van der Waals surface area (Å²) in [6, 6.07) is 16.4. The number of nitrogens with two attached hydrogens (primary N) is 1. The van der Waals surface area contributed by atoms with Crippen molar-refractivity contribution in [1.29, 1.82) is 0 Å². The normalized spacial score (nSPS) is 15.8. The van der Waals surface area contributed by atoms with E-state index in [0.29, 0.717) is 12.1 Å². The Hall–Kier alpha value is -4.02. The van der Waals surface area contributed by atoms with Gasteiger partial charge in [-0.2, -0.15) is 0 Å². The third kappa shape index (κ3) is 5.71. The van der Waals surface area contributed by atoms with E-state index < -0.39 is 12.1 Å². The van der Waals surface area contributed by atoms with Crippen molar-refractivity contribution in [2.75, 3.05) is 4.90 Å². The van der Waals surface area contributed by atoms with Crippen molar-refractivity contribution in [3.8, 4) is 11.3 Å². The molecule has 4 aromatic rings. The van der Waals surface area contributed by atoms with Crippen molar-refractivity contribution in [2.45, 2.75) is 37.9 Å². The molecular weight excluding hydrogens is 491 g/mol. The first-order valence-electron chi connectivity index (χ1n) is 11.9. The first kappa shape index (κ1) is 24.7. The third-order valence-electron chi connectivity index (χ3n) is 6.29. The number of hydrogen-bond acceptors (Lipinski definition) is 7. The van der Waals surface area contributed by atoms with Gasteiger partial charge in [0.05, 0.1) is 17.9 Å². The second-order valence-corrected chi connectivity index (χ2v) is 9.57. The fraction of sp³-hybridized carbons (Fsp3) is 0.222. The molecule has 188 valence electrons. The van der Waals surface area contributed by atoms with Crippen LogP contribution in [-0.2, 0) is 29.0 Å². The molecule has 0 spiro atoms. The van der Waals surface area contributed by atoms with Crippen molar-refractivity contribution in [2.24, 2.45) is 5.73 Å². The highest BCUT2D eigenvalue weighted by Crippen LogP contribution is 2.28. The van der Waals surface area contributed by atoms with E-state index in [-0.39, 0.29) is 36.9 Å². The van der Waals surface area contributed by atoms with Gasteiger partial charge in [0.15, 0.2) is 0 Å². The van der Waals surface area contributed by atoms with Crippen LogP contribution in [0.25, 0.3) is 11.3 Å². The highest BCUT2D eigenvalue weighted by Gasteiger charge is 2.34. The maximum absolute atomic E-state index is 13.9. The van der Waals surface area contributed by atoms with Gasteiger partial charge in [0.2, 0.25) is 11.8 Å². The topological polar surface area (TPSA) is 114 Å². The Morgan fingerprint density at radius 3 is 2.73 bits per heavy atom. The molecule has 2 amide bonds. The number of fused-ring (bicyclic) bond motifs is 1. The molecule has 0 radical (unpaired) electrons. The summed E-state index contributed by atoms with van der Waals surface area (Å²) in [7, 11) is 0. The van der Waals surface area contributed by atoms with E-state index >= 15 is 0 Å². The van der Waals surface area contributed by atoms with Crippen molar-refractivity contribution >= 4 is 29.0 Å². The van der Waals surface area contributed by atoms with E-state index in [4.69, 9.17) is 5.73 Å². The Morgan fingerprint density at radius 1 is 1.16 bits per heavy atom. The van der Waals surface area contributed by atoms with Crippen LogP contribution < -0.4 is 16.0 Å². The van der Waals surface area contributed by atoms with Crippen LogP contribution in [0.1, 0.15) is 23.2 Å². The van der Waals surface area contributed by atoms with Gasteiger partial charge in [-0.05, 0) is 47.3 Å². The van der Waals surface area contributed by atoms with Crippen LogP contribution in [0, 0.1) is 5.82 Å². The van der Waals surface area contributed by atoms with Crippen LogP contribution in [0.5, 0.6) is 0 Å². The van der Waals surface area contributed by atoms with Gasteiger partial charge in [0.1, 0.15) is 17.6 Å². The highest BCUT2D eigenvalue weighted by atomic mass is 32.1. The van der Waals surface area contributed by atoms with Gasteiger partial charge in [0, 0.05) is 36.0 Å². The molecule has 2 aromatic heterocycles. The maximum atomic E-state index is 13.9. The number of carbonyl (C=O) groups excluding carboxylic acids is 2. The van der Waals surface area contributed by atoms with E-state index in [2.05, 4.69) is 19.9 Å². The number of pyridine rings is 1. The number of aromatic nitrogens is 3. The van der Waals surface area contributed by atoms with Gasteiger partial charge in [-0.25, -0.2) is 4.39 Å². The van der Waals surface area contributed by atoms with Gasteiger partial charge in [-0.15, -0.1) is 5.10 Å². The molecule has 1 aliphatic rings. The van der Waals surface area contributed by atoms with E-state index in [1.807, 2.05) is 35.7 Å². The lowest BCUT2D eigenvalue weighted by Crippen LogP contribution is -2.53. The Morgan fingerprint density at radius 2 is 1.97 bits per heavy atom. The van der Waals surface area contributed by atoms with Crippen LogP contribution in [0.4, 0.5) is 10.1 Å². The molecule has 37 heavy (non-hydrogen) atoms. The molecule has 3 N–H and O–H groups in total. The standard InChI is InChI=1S/C27H25FN6O2S/c28-21-5-2-1-4-19(21)12-20(29)13-26(35)31-23-14-22-25(6-3-11-30-22)34(27(23)36)15-17-7-9-18(10-8-17)24-16-37-33-32-24/h1-11,16,20,23H,12-15,29H2,(H,31,35)/t20-,23?/m1/s1. The number of nitrogens with zero attached hydrogens (tertiary/aromatic N) is 4. The number of carbonyl (C=O) groups is 2. The monoisotopic (exact) mass is 516 g/mol. The predicted octanol–water partition coefficient (Wildman–Crippen LogP) is 3.27. The number of benzene rings is 2. The Bertz CT molecular complexity index is 1400. The fourth-order valence-electron chi connectivity index (χ4n) is 4.46. The number of rotatable bonds is 8. The van der Waals surface area contributed by atoms with Gasteiger partial charge in [-0.1, -0.05) is 47.0 Å². The summed E-state index contributed by atoms with van der Waals surface area (Å²) in [5.74, 6) is -0.928. The minimum Gasteiger partial charge on any atom is -0.344 e. The maximum Gasteiger partial charge on any atom is 0.250 e. The lowest BCUT2D eigenvalue weighted by Gasteiger charge is -2.34. The number of amides is 2. The fourth-order valence-corrected chi connectivity index (χ4v) is 4.93. The minimum atomic E-state index is -0.768. The van der Waals surface area contributed by atoms with Gasteiger partial charge in [0.25, 0.3) is 0 Å². The predicted molar refractivity (Wildman–Crippen MR) is 139 cm³/mol. The largest absolute Gasteiger partial charge is 0.344 e. The minimum absolute atomic E-state index is 0.0277. The second kappa shape index (κ2) is 10.9. The molecule has 2 aromatic carbocycles. The molecule has 0 saturated heterocycles. The summed E-state index contributed by atoms with van der Waals surface area (Å²) < 4.78 is 17.8. The van der Waals surface area contributed by atoms with Crippen molar-refractivity contribution in [3.05, 3.63) is 94.9 Å². The lowest BCUT2D eigenvalue weighted by atomic mass is 9.99. The average Bonchev–Trinajstić information content (AvgIpc) is 3.43. The van der Waals surface area contributed by atoms with Crippen molar-refractivity contribution in [3.63, 3.8) is 0 Å². The molecule has 1 unspecified atom stereocenters. The zero-order valence-corrected chi connectivity index (χ0v) is 20.7. The van der Waals surface area contributed by atoms with E-state index in [1.165, 1.54) is 17.6 Å². The Kier molecular flexibility index (Phi) is 7.29. The highest BCUT2D eigenvalue weighted by molar-refractivity contribution is 7.03. The summed E-state index contributed by atoms with van der Waals surface area (Å²) in [6.45, 7) is 0.326. The molecule has 2 atom stereocenters. The lowest BCUT2D eigenvalue weighted by molar-refractivity contribution is -0.128. The molecule has 0 bridgehead atoms. The second-order valence-electron chi connectivity index (χ2n) is 8.96. The smallest absolute Gasteiger partial charge is 0.250 e. The van der Waals surface area contributed by atoms with Crippen molar-refractivity contribution in [1.82, 2.24) is 19.9 Å². The molecule has 0 fully saturated rings. The molecule has 0 aliphatic carbocycles. The molecule has 0 saturated carbocycles. The summed E-state index contributed by atoms with van der Waals surface area (Å²) >= 11 is 1.29. The Balaban J connectivity index is 1.27. The molecular formula is C27H25FN6O2S. The summed E-state index contributed by atoms with van der Waals surface area (Å²) in [5.41, 5.74) is 10.7. The summed E-state index contributed by atoms with van der Waals surface area (Å²) in [4.78, 5) is 32.4. The quantitative estimate of drug-likeness (QED) is 0.372. The summed E-state index contributed by atoms with van der Waals surface area (Å²) in [5, 5.41) is 8.79. The molecule has 1 aliphatic heterocycles. The average molecular weight is 517 g/mol.